The van der Waals surface area contributed by atoms with Gasteiger partial charge in [0, 0.05) is 11.5 Å². The van der Waals surface area contributed by atoms with Crippen molar-refractivity contribution in [3.63, 3.8) is 0 Å². The summed E-state index contributed by atoms with van der Waals surface area (Å²) in [5.74, 6) is 0.000648. The smallest absolute Gasteiger partial charge is 0.248 e. The van der Waals surface area contributed by atoms with Gasteiger partial charge in [-0.1, -0.05) is 6.07 Å². The van der Waals surface area contributed by atoms with Crippen molar-refractivity contribution in [1.29, 1.82) is 0 Å². The van der Waals surface area contributed by atoms with Crippen LogP contribution in [0.4, 0.5) is 0 Å². The molecule has 2 rings (SSSR count). The lowest BCUT2D eigenvalue weighted by molar-refractivity contribution is 0.0801. The molecule has 4 nitrogen and oxygen atoms in total. The van der Waals surface area contributed by atoms with E-state index in [0.29, 0.717) is 16.5 Å². The van der Waals surface area contributed by atoms with E-state index in [9.17, 15) is 15.0 Å². The van der Waals surface area contributed by atoms with E-state index in [1.165, 1.54) is 12.1 Å². The molecule has 0 fully saturated rings. The maximum absolute atomic E-state index is 11.2. The summed E-state index contributed by atoms with van der Waals surface area (Å²) < 4.78 is 0. The van der Waals surface area contributed by atoms with Crippen molar-refractivity contribution in [1.82, 2.24) is 4.98 Å². The first-order valence-electron chi connectivity index (χ1n) is 4.97. The van der Waals surface area contributed by atoms with Gasteiger partial charge in [0.25, 0.3) is 0 Å². The van der Waals surface area contributed by atoms with Gasteiger partial charge in [-0.2, -0.15) is 0 Å². The molecule has 0 saturated carbocycles. The van der Waals surface area contributed by atoms with E-state index >= 15 is 0 Å². The Kier molecular flexibility index (Phi) is 2.24. The second-order valence-corrected chi connectivity index (χ2v) is 4.30. The SMILES string of the molecule is CC(C)(O)c1ccc(O)c2[nH]c(=O)ccc12. The standard InChI is InChI=1S/C12H13NO3/c1-12(2,16)8-4-5-9(14)11-7(8)3-6-10(15)13-11/h3-6,14,16H,1-2H3,(H,13,15). The molecule has 0 aliphatic carbocycles. The van der Waals surface area contributed by atoms with Crippen LogP contribution in [-0.4, -0.2) is 15.2 Å². The van der Waals surface area contributed by atoms with Crippen LogP contribution in [0.3, 0.4) is 0 Å². The van der Waals surface area contributed by atoms with E-state index in [1.807, 2.05) is 0 Å². The van der Waals surface area contributed by atoms with Gasteiger partial charge in [-0.3, -0.25) is 4.79 Å². The molecule has 1 aromatic heterocycles. The molecule has 0 bridgehead atoms. The lowest BCUT2D eigenvalue weighted by Gasteiger charge is -2.20. The molecule has 1 aromatic carbocycles. The van der Waals surface area contributed by atoms with Crippen LogP contribution >= 0.6 is 0 Å². The van der Waals surface area contributed by atoms with Crippen molar-refractivity contribution in [2.75, 3.05) is 0 Å². The number of hydrogen-bond donors (Lipinski definition) is 3. The van der Waals surface area contributed by atoms with Crippen LogP contribution in [0, 0.1) is 0 Å². The highest BCUT2D eigenvalue weighted by Crippen LogP contribution is 2.31. The average molecular weight is 219 g/mol. The Balaban J connectivity index is 2.90. The molecule has 16 heavy (non-hydrogen) atoms. The Morgan fingerprint density at radius 1 is 1.19 bits per heavy atom. The summed E-state index contributed by atoms with van der Waals surface area (Å²) in [6.07, 6.45) is 0. The molecular weight excluding hydrogens is 206 g/mol. The maximum Gasteiger partial charge on any atom is 0.248 e. The third-order valence-electron chi connectivity index (χ3n) is 2.53. The number of aromatic hydroxyl groups is 1. The molecule has 84 valence electrons. The third-order valence-corrected chi connectivity index (χ3v) is 2.53. The van der Waals surface area contributed by atoms with Crippen molar-refractivity contribution < 1.29 is 10.2 Å². The fourth-order valence-corrected chi connectivity index (χ4v) is 1.77. The van der Waals surface area contributed by atoms with Gasteiger partial charge in [-0.15, -0.1) is 0 Å². The molecule has 1 heterocycles. The van der Waals surface area contributed by atoms with Crippen molar-refractivity contribution in [3.05, 3.63) is 40.2 Å². The number of benzene rings is 1. The molecule has 0 spiro atoms. The number of aromatic nitrogens is 1. The van der Waals surface area contributed by atoms with Crippen LogP contribution in [0.2, 0.25) is 0 Å². The number of nitrogens with one attached hydrogen (secondary N) is 1. The largest absolute Gasteiger partial charge is 0.506 e. The van der Waals surface area contributed by atoms with Gasteiger partial charge in [0.1, 0.15) is 5.75 Å². The minimum atomic E-state index is -1.02. The summed E-state index contributed by atoms with van der Waals surface area (Å²) in [7, 11) is 0. The van der Waals surface area contributed by atoms with Gasteiger partial charge in [-0.05, 0) is 31.5 Å². The highest BCUT2D eigenvalue weighted by atomic mass is 16.3. The van der Waals surface area contributed by atoms with Gasteiger partial charge in [0.2, 0.25) is 5.56 Å². The van der Waals surface area contributed by atoms with E-state index in [4.69, 9.17) is 0 Å². The molecule has 3 N–H and O–H groups in total. The van der Waals surface area contributed by atoms with Crippen LogP contribution in [0.1, 0.15) is 19.4 Å². The van der Waals surface area contributed by atoms with Crippen LogP contribution in [-0.2, 0) is 5.60 Å². The zero-order chi connectivity index (χ0) is 11.9. The fraction of sp³-hybridized carbons (Fsp3) is 0.250. The van der Waals surface area contributed by atoms with Crippen LogP contribution in [0.15, 0.2) is 29.1 Å². The zero-order valence-corrected chi connectivity index (χ0v) is 9.11. The monoisotopic (exact) mass is 219 g/mol. The average Bonchev–Trinajstić information content (AvgIpc) is 2.17. The van der Waals surface area contributed by atoms with Crippen LogP contribution in [0.5, 0.6) is 5.75 Å². The molecular formula is C12H13NO3. The third kappa shape index (κ3) is 1.67. The maximum atomic E-state index is 11.2. The van der Waals surface area contributed by atoms with E-state index < -0.39 is 5.60 Å². The first kappa shape index (κ1) is 10.7. The summed E-state index contributed by atoms with van der Waals surface area (Å²) in [6.45, 7) is 3.31. The molecule has 0 atom stereocenters. The summed E-state index contributed by atoms with van der Waals surface area (Å²) in [5, 5.41) is 20.3. The lowest BCUT2D eigenvalue weighted by atomic mass is 9.94. The Morgan fingerprint density at radius 3 is 2.50 bits per heavy atom. The molecule has 0 unspecified atom stereocenters. The number of hydrogen-bond acceptors (Lipinski definition) is 3. The Labute approximate surface area is 92.2 Å². The zero-order valence-electron chi connectivity index (χ0n) is 9.11. The number of fused-ring (bicyclic) bond motifs is 1. The van der Waals surface area contributed by atoms with Crippen LogP contribution < -0.4 is 5.56 Å². The number of aliphatic hydroxyl groups is 1. The first-order chi connectivity index (χ1) is 7.39. The highest BCUT2D eigenvalue weighted by molar-refractivity contribution is 5.87. The van der Waals surface area contributed by atoms with E-state index in [-0.39, 0.29) is 11.3 Å². The number of phenols is 1. The normalized spacial score (nSPS) is 11.9. The molecule has 0 radical (unpaired) electrons. The number of pyridine rings is 1. The van der Waals surface area contributed by atoms with Gasteiger partial charge in [0.05, 0.1) is 11.1 Å². The molecule has 0 saturated heterocycles. The van der Waals surface area contributed by atoms with Crippen molar-refractivity contribution in [2.45, 2.75) is 19.4 Å². The Morgan fingerprint density at radius 2 is 1.88 bits per heavy atom. The number of aromatic amines is 1. The predicted octanol–water partition coefficient (Wildman–Crippen LogP) is 1.46. The Bertz CT molecular complexity index is 593. The van der Waals surface area contributed by atoms with Gasteiger partial charge in [-0.25, -0.2) is 0 Å². The van der Waals surface area contributed by atoms with Crippen LogP contribution in [0.25, 0.3) is 10.9 Å². The summed E-state index contributed by atoms with van der Waals surface area (Å²) >= 11 is 0. The highest BCUT2D eigenvalue weighted by Gasteiger charge is 2.20. The minimum absolute atomic E-state index is 0.000648. The molecule has 4 heteroatoms. The summed E-state index contributed by atoms with van der Waals surface area (Å²) in [4.78, 5) is 13.7. The molecule has 2 aromatic rings. The van der Waals surface area contributed by atoms with Crippen molar-refractivity contribution in [3.8, 4) is 5.75 Å². The Hall–Kier alpha value is -1.81. The van der Waals surface area contributed by atoms with Crippen molar-refractivity contribution in [2.24, 2.45) is 0 Å². The van der Waals surface area contributed by atoms with Gasteiger partial charge >= 0.3 is 0 Å². The van der Waals surface area contributed by atoms with E-state index in [1.54, 1.807) is 26.0 Å². The van der Waals surface area contributed by atoms with E-state index in [2.05, 4.69) is 4.98 Å². The second-order valence-electron chi connectivity index (χ2n) is 4.30. The van der Waals surface area contributed by atoms with Gasteiger partial charge in [0.15, 0.2) is 0 Å². The lowest BCUT2D eigenvalue weighted by Crippen LogP contribution is -2.16. The molecule has 0 aliphatic heterocycles. The fourth-order valence-electron chi connectivity index (χ4n) is 1.77. The summed E-state index contributed by atoms with van der Waals surface area (Å²) in [6, 6.07) is 6.08. The number of H-pyrrole nitrogens is 1. The minimum Gasteiger partial charge on any atom is -0.506 e. The van der Waals surface area contributed by atoms with Crippen molar-refractivity contribution >= 4 is 10.9 Å². The summed E-state index contributed by atoms with van der Waals surface area (Å²) in [5.41, 5.74) is -0.288. The van der Waals surface area contributed by atoms with Gasteiger partial charge < -0.3 is 15.2 Å². The molecule has 0 aliphatic rings. The number of rotatable bonds is 1. The first-order valence-corrected chi connectivity index (χ1v) is 4.97. The van der Waals surface area contributed by atoms with E-state index in [0.717, 1.165) is 0 Å². The predicted molar refractivity (Wildman–Crippen MR) is 61.5 cm³/mol. The second kappa shape index (κ2) is 3.35. The quantitative estimate of drug-likeness (QED) is 0.679. The molecule has 0 amide bonds. The topological polar surface area (TPSA) is 73.3 Å². The number of phenolic OH excluding ortho intramolecular Hbond substituents is 1.